The molecule has 25 heavy (non-hydrogen) atoms. The minimum absolute atomic E-state index is 0.0598. The summed E-state index contributed by atoms with van der Waals surface area (Å²) in [5.74, 6) is -0.0598. The van der Waals surface area contributed by atoms with Crippen molar-refractivity contribution in [2.75, 3.05) is 0 Å². The van der Waals surface area contributed by atoms with Gasteiger partial charge in [-0.1, -0.05) is 49.8 Å². The molecule has 130 valence electrons. The molecule has 5 heteroatoms. The van der Waals surface area contributed by atoms with Crippen LogP contribution in [0.4, 0.5) is 0 Å². The maximum absolute atomic E-state index is 12.3. The van der Waals surface area contributed by atoms with Crippen LogP contribution in [0, 0.1) is 0 Å². The van der Waals surface area contributed by atoms with E-state index in [1.807, 2.05) is 26.0 Å². The van der Waals surface area contributed by atoms with Crippen molar-refractivity contribution in [3.8, 4) is 0 Å². The van der Waals surface area contributed by atoms with E-state index in [-0.39, 0.29) is 18.0 Å². The average molecular weight is 337 g/mol. The number of hydrogen-bond donors (Lipinski definition) is 2. The van der Waals surface area contributed by atoms with Crippen molar-refractivity contribution in [3.05, 3.63) is 68.1 Å². The minimum Gasteiger partial charge on any atom is -0.352 e. The highest BCUT2D eigenvalue weighted by molar-refractivity contribution is 5.81. The third-order valence-electron chi connectivity index (χ3n) is 4.65. The molecular weight excluding hydrogens is 314 g/mol. The summed E-state index contributed by atoms with van der Waals surface area (Å²) in [6.45, 7) is 4.25. The number of benzene rings is 1. The van der Waals surface area contributed by atoms with Crippen molar-refractivity contribution in [1.82, 2.24) is 15.5 Å². The number of carbonyl (C=O) groups is 1. The van der Waals surface area contributed by atoms with Gasteiger partial charge in [-0.15, -0.1) is 0 Å². The van der Waals surface area contributed by atoms with Crippen LogP contribution in [0.5, 0.6) is 0 Å². The van der Waals surface area contributed by atoms with Gasteiger partial charge in [0.05, 0.1) is 5.69 Å². The van der Waals surface area contributed by atoms with E-state index in [4.69, 9.17) is 0 Å². The van der Waals surface area contributed by atoms with E-state index in [1.54, 1.807) is 0 Å². The number of carbonyl (C=O) groups excluding carboxylic acids is 1. The van der Waals surface area contributed by atoms with Crippen LogP contribution < -0.4 is 10.9 Å². The molecule has 0 atom stereocenters. The maximum atomic E-state index is 12.3. The lowest BCUT2D eigenvalue weighted by Crippen LogP contribution is -2.29. The second kappa shape index (κ2) is 7.47. The normalized spacial score (nSPS) is 12.6. The molecule has 0 bridgehead atoms. The van der Waals surface area contributed by atoms with Gasteiger partial charge in [-0.3, -0.25) is 9.59 Å². The first-order valence-corrected chi connectivity index (χ1v) is 8.75. The Morgan fingerprint density at radius 1 is 1.20 bits per heavy atom. The summed E-state index contributed by atoms with van der Waals surface area (Å²) in [4.78, 5) is 24.4. The summed E-state index contributed by atoms with van der Waals surface area (Å²) in [7, 11) is 0. The lowest BCUT2D eigenvalue weighted by Gasteiger charge is -2.11. The Morgan fingerprint density at radius 2 is 2.00 bits per heavy atom. The Labute approximate surface area is 147 Å². The Morgan fingerprint density at radius 3 is 2.72 bits per heavy atom. The van der Waals surface area contributed by atoms with Crippen molar-refractivity contribution in [2.24, 2.45) is 0 Å². The Hall–Kier alpha value is -2.69. The molecule has 5 nitrogen and oxygen atoms in total. The van der Waals surface area contributed by atoms with E-state index < -0.39 is 0 Å². The van der Waals surface area contributed by atoms with Crippen molar-refractivity contribution in [2.45, 2.75) is 46.1 Å². The van der Waals surface area contributed by atoms with E-state index in [0.29, 0.717) is 12.0 Å². The molecule has 1 amide bonds. The maximum Gasteiger partial charge on any atom is 0.269 e. The molecule has 1 heterocycles. The first-order valence-electron chi connectivity index (χ1n) is 8.75. The van der Waals surface area contributed by atoms with Gasteiger partial charge >= 0.3 is 0 Å². The van der Waals surface area contributed by atoms with Crippen LogP contribution in [0.2, 0.25) is 0 Å². The molecule has 1 aromatic heterocycles. The van der Waals surface area contributed by atoms with Crippen molar-refractivity contribution in [3.63, 3.8) is 0 Å². The highest BCUT2D eigenvalue weighted by Crippen LogP contribution is 2.26. The molecule has 1 aliphatic carbocycles. The number of nitrogens with one attached hydrogen (secondary N) is 2. The quantitative estimate of drug-likeness (QED) is 0.850. The molecular formula is C20H23N3O2. The molecule has 0 saturated carbocycles. The fraction of sp³-hybridized carbons (Fsp3) is 0.350. The Kier molecular flexibility index (Phi) is 5.12. The molecule has 2 aromatic rings. The number of aryl methyl sites for hydroxylation is 1. The smallest absolute Gasteiger partial charge is 0.269 e. The van der Waals surface area contributed by atoms with Gasteiger partial charge in [-0.2, -0.15) is 5.10 Å². The number of aromatic amines is 1. The van der Waals surface area contributed by atoms with Crippen LogP contribution >= 0.6 is 0 Å². The van der Waals surface area contributed by atoms with Gasteiger partial charge in [0.1, 0.15) is 0 Å². The second-order valence-corrected chi connectivity index (χ2v) is 6.30. The molecule has 0 spiro atoms. The van der Waals surface area contributed by atoms with Gasteiger partial charge in [-0.05, 0) is 36.0 Å². The predicted octanol–water partition coefficient (Wildman–Crippen LogP) is 2.54. The molecule has 0 fully saturated rings. The number of nitrogens with zero attached hydrogens (tertiary/aromatic N) is 1. The highest BCUT2D eigenvalue weighted by Gasteiger charge is 2.16. The molecule has 2 N–H and O–H groups in total. The van der Waals surface area contributed by atoms with Crippen molar-refractivity contribution >= 4 is 12.0 Å². The van der Waals surface area contributed by atoms with Gasteiger partial charge in [0.15, 0.2) is 0 Å². The van der Waals surface area contributed by atoms with Crippen molar-refractivity contribution in [1.29, 1.82) is 0 Å². The lowest BCUT2D eigenvalue weighted by molar-refractivity contribution is -0.120. The summed E-state index contributed by atoms with van der Waals surface area (Å²) in [6, 6.07) is 8.18. The summed E-state index contributed by atoms with van der Waals surface area (Å²) in [5.41, 5.74) is 5.79. The first kappa shape index (κ1) is 17.1. The zero-order chi connectivity index (χ0) is 17.8. The molecule has 1 aromatic carbocycles. The topological polar surface area (TPSA) is 74.8 Å². The number of fused-ring (bicyclic) bond motifs is 1. The summed E-state index contributed by atoms with van der Waals surface area (Å²) < 4.78 is 0. The van der Waals surface area contributed by atoms with E-state index >= 15 is 0 Å². The fourth-order valence-electron chi connectivity index (χ4n) is 3.38. The third-order valence-corrected chi connectivity index (χ3v) is 4.65. The van der Waals surface area contributed by atoms with E-state index in [9.17, 15) is 9.59 Å². The van der Waals surface area contributed by atoms with Crippen LogP contribution in [0.15, 0.2) is 34.6 Å². The molecule has 3 rings (SSSR count). The van der Waals surface area contributed by atoms with E-state index in [0.717, 1.165) is 36.1 Å². The minimum atomic E-state index is -0.221. The van der Waals surface area contributed by atoms with Crippen molar-refractivity contribution < 1.29 is 4.79 Å². The van der Waals surface area contributed by atoms with Crippen LogP contribution in [-0.4, -0.2) is 16.1 Å². The van der Waals surface area contributed by atoms with Gasteiger partial charge in [0, 0.05) is 18.5 Å². The summed E-state index contributed by atoms with van der Waals surface area (Å²) in [6.07, 6.45) is 4.75. The third kappa shape index (κ3) is 3.71. The Bertz CT molecular complexity index is 881. The number of hydrogen-bond acceptors (Lipinski definition) is 3. The summed E-state index contributed by atoms with van der Waals surface area (Å²) >= 11 is 0. The lowest BCUT2D eigenvalue weighted by atomic mass is 10.0. The highest BCUT2D eigenvalue weighted by atomic mass is 16.1. The SMILES string of the molecule is CCc1n[nH]c(=O)c(CNC(=O)CC2=Cc3ccccc3C2)c1CC. The van der Waals surface area contributed by atoms with E-state index in [2.05, 4.69) is 33.7 Å². The number of aromatic nitrogens is 2. The van der Waals surface area contributed by atoms with Gasteiger partial charge in [0.2, 0.25) is 5.91 Å². The van der Waals surface area contributed by atoms with Crippen LogP contribution in [0.3, 0.4) is 0 Å². The van der Waals surface area contributed by atoms with Gasteiger partial charge < -0.3 is 5.32 Å². The predicted molar refractivity (Wildman–Crippen MR) is 98.2 cm³/mol. The first-order chi connectivity index (χ1) is 12.1. The van der Waals surface area contributed by atoms with Crippen LogP contribution in [0.1, 0.15) is 48.2 Å². The van der Waals surface area contributed by atoms with Gasteiger partial charge in [0.25, 0.3) is 5.56 Å². The molecule has 1 aliphatic rings. The molecule has 0 saturated heterocycles. The average Bonchev–Trinajstić information content (AvgIpc) is 3.02. The number of rotatable bonds is 6. The molecule has 0 radical (unpaired) electrons. The molecule has 0 aliphatic heterocycles. The zero-order valence-electron chi connectivity index (χ0n) is 14.7. The number of amides is 1. The van der Waals surface area contributed by atoms with E-state index in [1.165, 1.54) is 11.1 Å². The fourth-order valence-corrected chi connectivity index (χ4v) is 3.38. The van der Waals surface area contributed by atoms with Gasteiger partial charge in [-0.25, -0.2) is 5.10 Å². The van der Waals surface area contributed by atoms with Crippen LogP contribution in [0.25, 0.3) is 6.08 Å². The Balaban J connectivity index is 1.65. The standard InChI is InChI=1S/C20H23N3O2/c1-3-16-17(20(25)23-22-18(16)4-2)12-21-19(24)11-13-9-14-7-5-6-8-15(14)10-13/h5-9H,3-4,10-12H2,1-2H3,(H,21,24)(H,23,25). The molecule has 0 unspecified atom stereocenters. The van der Waals surface area contributed by atoms with Crippen LogP contribution in [-0.2, 0) is 30.6 Å². The second-order valence-electron chi connectivity index (χ2n) is 6.30. The largest absolute Gasteiger partial charge is 0.352 e. The summed E-state index contributed by atoms with van der Waals surface area (Å²) in [5, 5.41) is 9.53. The number of H-pyrrole nitrogens is 1. The monoisotopic (exact) mass is 337 g/mol. The zero-order valence-corrected chi connectivity index (χ0v) is 14.7.